The third-order valence-corrected chi connectivity index (χ3v) is 6.95. The number of methoxy groups -OCH3 is 1. The summed E-state index contributed by atoms with van der Waals surface area (Å²) in [5.74, 6) is 0.206. The quantitative estimate of drug-likeness (QED) is 0.496. The fourth-order valence-electron chi connectivity index (χ4n) is 4.11. The van der Waals surface area contributed by atoms with Crippen molar-refractivity contribution in [3.05, 3.63) is 69.7 Å². The number of hydrogen-bond donors (Lipinski definition) is 0. The summed E-state index contributed by atoms with van der Waals surface area (Å²) >= 11 is 1.69. The number of nitrogens with zero attached hydrogens (tertiary/aromatic N) is 3. The molecule has 3 aromatic rings. The average molecular weight is 468 g/mol. The minimum absolute atomic E-state index is 0.162. The predicted molar refractivity (Wildman–Crippen MR) is 129 cm³/mol. The van der Waals surface area contributed by atoms with Crippen molar-refractivity contribution in [2.45, 2.75) is 20.4 Å². The number of aromatic nitrogens is 1. The minimum Gasteiger partial charge on any atom is -0.497 e. The summed E-state index contributed by atoms with van der Waals surface area (Å²) in [6.45, 7) is 7.03. The second-order valence-electron chi connectivity index (χ2n) is 8.09. The second-order valence-corrected chi connectivity index (χ2v) is 9.12. The Morgan fingerprint density at radius 2 is 1.76 bits per heavy atom. The van der Waals surface area contributed by atoms with Crippen LogP contribution in [0.2, 0.25) is 0 Å². The molecular weight excluding hydrogens is 438 g/mol. The summed E-state index contributed by atoms with van der Waals surface area (Å²) in [6.07, 6.45) is 0. The summed E-state index contributed by atoms with van der Waals surface area (Å²) in [5.41, 5.74) is 3.47. The van der Waals surface area contributed by atoms with Gasteiger partial charge in [-0.3, -0.25) is 4.79 Å². The highest BCUT2D eigenvalue weighted by atomic mass is 32.1. The van der Waals surface area contributed by atoms with E-state index in [1.165, 1.54) is 4.88 Å². The maximum absolute atomic E-state index is 12.7. The normalized spacial score (nSPS) is 13.8. The largest absolute Gasteiger partial charge is 0.497 e. The molecule has 1 aromatic carbocycles. The van der Waals surface area contributed by atoms with Crippen LogP contribution in [0.5, 0.6) is 5.75 Å². The molecule has 2 aromatic heterocycles. The lowest BCUT2D eigenvalue weighted by Crippen LogP contribution is -2.49. The van der Waals surface area contributed by atoms with E-state index in [2.05, 4.69) is 15.5 Å². The molecule has 3 heterocycles. The predicted octanol–water partition coefficient (Wildman–Crippen LogP) is 3.73. The highest BCUT2D eigenvalue weighted by Gasteiger charge is 2.24. The lowest BCUT2D eigenvalue weighted by molar-refractivity contribution is -0.134. The van der Waals surface area contributed by atoms with Crippen LogP contribution >= 0.6 is 11.3 Å². The third-order valence-electron chi connectivity index (χ3n) is 6.08. The Hall–Kier alpha value is -3.26. The highest BCUT2D eigenvalue weighted by molar-refractivity contribution is 7.09. The Morgan fingerprint density at radius 3 is 2.39 bits per heavy atom. The monoisotopic (exact) mass is 467 g/mol. The Labute approximate surface area is 198 Å². The van der Waals surface area contributed by atoms with Crippen LogP contribution in [0.25, 0.3) is 0 Å². The molecule has 0 saturated carbocycles. The van der Waals surface area contributed by atoms with E-state index in [4.69, 9.17) is 9.47 Å². The number of aryl methyl sites for hydroxylation is 1. The summed E-state index contributed by atoms with van der Waals surface area (Å²) < 4.78 is 12.7. The summed E-state index contributed by atoms with van der Waals surface area (Å²) in [6, 6.07) is 13.8. The van der Waals surface area contributed by atoms with Crippen molar-refractivity contribution in [1.82, 2.24) is 9.47 Å². The first-order chi connectivity index (χ1) is 16.0. The van der Waals surface area contributed by atoms with Gasteiger partial charge in [0.1, 0.15) is 5.75 Å². The number of anilines is 1. The van der Waals surface area contributed by atoms with Gasteiger partial charge in [0.15, 0.2) is 6.61 Å². The molecule has 0 unspecified atom stereocenters. The summed E-state index contributed by atoms with van der Waals surface area (Å²) in [4.78, 5) is 30.5. The van der Waals surface area contributed by atoms with E-state index in [9.17, 15) is 9.59 Å². The fourth-order valence-corrected chi connectivity index (χ4v) is 4.81. The molecule has 1 saturated heterocycles. The molecule has 0 N–H and O–H groups in total. The van der Waals surface area contributed by atoms with Gasteiger partial charge in [0, 0.05) is 48.1 Å². The van der Waals surface area contributed by atoms with Gasteiger partial charge in [0.25, 0.3) is 5.91 Å². The van der Waals surface area contributed by atoms with Crippen molar-refractivity contribution >= 4 is 28.9 Å². The fraction of sp³-hybridized carbons (Fsp3) is 0.360. The number of rotatable bonds is 7. The Balaban J connectivity index is 1.29. The van der Waals surface area contributed by atoms with Crippen molar-refractivity contribution in [3.8, 4) is 5.75 Å². The van der Waals surface area contributed by atoms with Crippen LogP contribution in [0.4, 0.5) is 5.69 Å². The topological polar surface area (TPSA) is 64.0 Å². The molecule has 0 radical (unpaired) electrons. The summed E-state index contributed by atoms with van der Waals surface area (Å²) in [7, 11) is 1.65. The standard InChI is InChI=1S/C25H29N3O4S/c1-18-15-23(19(2)28(18)16-22-5-4-14-33-22)25(30)32-17-24(29)27-12-10-26(11-13-27)20-6-8-21(31-3)9-7-20/h4-9,14-15H,10-13,16-17H2,1-3H3. The number of carbonyl (C=O) groups is 2. The Kier molecular flexibility index (Phi) is 7.03. The average Bonchev–Trinajstić information content (AvgIpc) is 3.46. The van der Waals surface area contributed by atoms with Gasteiger partial charge in [-0.25, -0.2) is 4.79 Å². The Morgan fingerprint density at radius 1 is 1.03 bits per heavy atom. The van der Waals surface area contributed by atoms with Crippen LogP contribution in [0, 0.1) is 13.8 Å². The van der Waals surface area contributed by atoms with E-state index in [0.29, 0.717) is 18.7 Å². The lowest BCUT2D eigenvalue weighted by Gasteiger charge is -2.36. The molecule has 174 valence electrons. The Bertz CT molecular complexity index is 1100. The molecule has 8 heteroatoms. The van der Waals surface area contributed by atoms with Crippen molar-refractivity contribution in [3.63, 3.8) is 0 Å². The molecule has 1 amide bonds. The number of hydrogen-bond acceptors (Lipinski definition) is 6. The van der Waals surface area contributed by atoms with E-state index >= 15 is 0 Å². The number of amides is 1. The van der Waals surface area contributed by atoms with Crippen molar-refractivity contribution in [2.24, 2.45) is 0 Å². The zero-order valence-corrected chi connectivity index (χ0v) is 20.1. The van der Waals surface area contributed by atoms with E-state index in [-0.39, 0.29) is 12.5 Å². The van der Waals surface area contributed by atoms with Crippen molar-refractivity contribution < 1.29 is 19.1 Å². The van der Waals surface area contributed by atoms with Gasteiger partial charge in [-0.15, -0.1) is 11.3 Å². The van der Waals surface area contributed by atoms with Crippen LogP contribution in [-0.4, -0.2) is 61.2 Å². The molecular formula is C25H29N3O4S. The van der Waals surface area contributed by atoms with E-state index in [1.807, 2.05) is 55.6 Å². The maximum Gasteiger partial charge on any atom is 0.340 e. The van der Waals surface area contributed by atoms with Gasteiger partial charge in [-0.1, -0.05) is 6.07 Å². The molecule has 1 aliphatic heterocycles. The third kappa shape index (κ3) is 5.22. The SMILES string of the molecule is COc1ccc(N2CCN(C(=O)COC(=O)c3cc(C)n(Cc4cccs4)c3C)CC2)cc1. The molecule has 0 atom stereocenters. The number of thiophene rings is 1. The van der Waals surface area contributed by atoms with Crippen LogP contribution in [-0.2, 0) is 16.1 Å². The molecule has 33 heavy (non-hydrogen) atoms. The minimum atomic E-state index is -0.453. The maximum atomic E-state index is 12.7. The van der Waals surface area contributed by atoms with E-state index in [0.717, 1.165) is 42.5 Å². The number of esters is 1. The molecule has 1 fully saturated rings. The number of benzene rings is 1. The molecule has 1 aliphatic rings. The first-order valence-corrected chi connectivity index (χ1v) is 11.9. The zero-order valence-electron chi connectivity index (χ0n) is 19.2. The molecule has 0 aliphatic carbocycles. The van der Waals surface area contributed by atoms with Crippen LogP contribution < -0.4 is 9.64 Å². The van der Waals surface area contributed by atoms with Gasteiger partial charge in [0.05, 0.1) is 19.2 Å². The van der Waals surface area contributed by atoms with Gasteiger partial charge >= 0.3 is 5.97 Å². The first kappa shape index (κ1) is 22.9. The first-order valence-electron chi connectivity index (χ1n) is 11.0. The van der Waals surface area contributed by atoms with Gasteiger partial charge < -0.3 is 23.8 Å². The van der Waals surface area contributed by atoms with Gasteiger partial charge in [-0.2, -0.15) is 0 Å². The van der Waals surface area contributed by atoms with E-state index in [1.54, 1.807) is 23.3 Å². The van der Waals surface area contributed by atoms with Crippen LogP contribution in [0.3, 0.4) is 0 Å². The van der Waals surface area contributed by atoms with Crippen molar-refractivity contribution in [2.75, 3.05) is 44.8 Å². The molecule has 7 nitrogen and oxygen atoms in total. The number of piperazine rings is 1. The van der Waals surface area contributed by atoms with Gasteiger partial charge in [-0.05, 0) is 55.6 Å². The van der Waals surface area contributed by atoms with Gasteiger partial charge in [0.2, 0.25) is 0 Å². The highest BCUT2D eigenvalue weighted by Crippen LogP contribution is 2.22. The molecule has 4 rings (SSSR count). The van der Waals surface area contributed by atoms with E-state index < -0.39 is 5.97 Å². The lowest BCUT2D eigenvalue weighted by atomic mass is 10.2. The second kappa shape index (κ2) is 10.1. The van der Waals surface area contributed by atoms with Crippen LogP contribution in [0.15, 0.2) is 47.8 Å². The molecule has 0 spiro atoms. The number of ether oxygens (including phenoxy) is 2. The van der Waals surface area contributed by atoms with Crippen molar-refractivity contribution in [1.29, 1.82) is 0 Å². The molecule has 0 bridgehead atoms. The smallest absolute Gasteiger partial charge is 0.340 e. The zero-order chi connectivity index (χ0) is 23.4. The number of carbonyl (C=O) groups excluding carboxylic acids is 2. The summed E-state index contributed by atoms with van der Waals surface area (Å²) in [5, 5.41) is 2.04. The van der Waals surface area contributed by atoms with Crippen LogP contribution in [0.1, 0.15) is 26.6 Å².